The van der Waals surface area contributed by atoms with E-state index in [2.05, 4.69) is 15.6 Å². The van der Waals surface area contributed by atoms with Crippen LogP contribution in [0.3, 0.4) is 0 Å². The van der Waals surface area contributed by atoms with Crippen molar-refractivity contribution in [3.05, 3.63) is 57.8 Å². The van der Waals surface area contributed by atoms with Crippen LogP contribution in [0.15, 0.2) is 36.5 Å². The van der Waals surface area contributed by atoms with Crippen molar-refractivity contribution in [2.24, 2.45) is 0 Å². The highest BCUT2D eigenvalue weighted by Gasteiger charge is 2.19. The summed E-state index contributed by atoms with van der Waals surface area (Å²) in [5.41, 5.74) is 1.04. The molecule has 0 saturated heterocycles. The maximum atomic E-state index is 12.4. The van der Waals surface area contributed by atoms with Gasteiger partial charge in [0.15, 0.2) is 0 Å². The Labute approximate surface area is 155 Å². The van der Waals surface area contributed by atoms with E-state index in [1.165, 1.54) is 12.3 Å². The number of anilines is 1. The first kappa shape index (κ1) is 17.7. The van der Waals surface area contributed by atoms with Crippen LogP contribution in [0.5, 0.6) is 0 Å². The van der Waals surface area contributed by atoms with E-state index in [9.17, 15) is 9.59 Å². The number of halogens is 2. The molecule has 5 nitrogen and oxygen atoms in total. The van der Waals surface area contributed by atoms with E-state index in [0.717, 1.165) is 25.7 Å². The number of aromatic nitrogens is 1. The molecule has 0 aliphatic heterocycles. The van der Waals surface area contributed by atoms with E-state index in [1.54, 1.807) is 24.3 Å². The van der Waals surface area contributed by atoms with Gasteiger partial charge in [-0.1, -0.05) is 36.0 Å². The molecule has 1 aliphatic carbocycles. The van der Waals surface area contributed by atoms with Crippen LogP contribution in [0, 0.1) is 0 Å². The van der Waals surface area contributed by atoms with Gasteiger partial charge in [0.05, 0.1) is 0 Å². The highest BCUT2D eigenvalue weighted by Crippen LogP contribution is 2.23. The molecule has 7 heteroatoms. The van der Waals surface area contributed by atoms with Gasteiger partial charge in [0.25, 0.3) is 11.8 Å². The third kappa shape index (κ3) is 4.71. The van der Waals surface area contributed by atoms with Crippen LogP contribution < -0.4 is 10.6 Å². The van der Waals surface area contributed by atoms with Crippen molar-refractivity contribution in [2.75, 3.05) is 5.32 Å². The molecule has 25 heavy (non-hydrogen) atoms. The summed E-state index contributed by atoms with van der Waals surface area (Å²) in [5.74, 6) is -0.622. The summed E-state index contributed by atoms with van der Waals surface area (Å²) in [5, 5.41) is 6.52. The standard InChI is InChI=1S/C18H17Cl2N3O2/c19-12-8-13(20)10-15(9-12)23-17(24)11-5-6-21-16(7-11)18(25)22-14-3-1-2-4-14/h5-10,14H,1-4H2,(H,22,25)(H,23,24). The fourth-order valence-corrected chi connectivity index (χ4v) is 3.38. The monoisotopic (exact) mass is 377 g/mol. The van der Waals surface area contributed by atoms with Crippen molar-refractivity contribution in [3.8, 4) is 0 Å². The summed E-state index contributed by atoms with van der Waals surface area (Å²) in [7, 11) is 0. The second-order valence-electron chi connectivity index (χ2n) is 6.00. The Morgan fingerprint density at radius 3 is 2.36 bits per heavy atom. The summed E-state index contributed by atoms with van der Waals surface area (Å²) in [6, 6.07) is 8.00. The third-order valence-electron chi connectivity index (χ3n) is 4.07. The minimum atomic E-state index is -0.365. The Bertz CT molecular complexity index is 784. The largest absolute Gasteiger partial charge is 0.348 e. The van der Waals surface area contributed by atoms with Crippen molar-refractivity contribution in [1.82, 2.24) is 10.3 Å². The van der Waals surface area contributed by atoms with Crippen molar-refractivity contribution in [3.63, 3.8) is 0 Å². The smallest absolute Gasteiger partial charge is 0.270 e. The van der Waals surface area contributed by atoms with Crippen LogP contribution in [0.4, 0.5) is 5.69 Å². The zero-order valence-corrected chi connectivity index (χ0v) is 14.9. The minimum Gasteiger partial charge on any atom is -0.348 e. The molecule has 1 aromatic heterocycles. The fourth-order valence-electron chi connectivity index (χ4n) is 2.85. The molecule has 1 aliphatic rings. The second-order valence-corrected chi connectivity index (χ2v) is 6.87. The van der Waals surface area contributed by atoms with Gasteiger partial charge < -0.3 is 10.6 Å². The number of hydrogen-bond donors (Lipinski definition) is 2. The molecule has 2 N–H and O–H groups in total. The zero-order valence-electron chi connectivity index (χ0n) is 13.4. The normalized spacial score (nSPS) is 14.3. The SMILES string of the molecule is O=C(Nc1cc(Cl)cc(Cl)c1)c1ccnc(C(=O)NC2CCCC2)c1. The molecular weight excluding hydrogens is 361 g/mol. The summed E-state index contributed by atoms with van der Waals surface area (Å²) in [4.78, 5) is 28.7. The van der Waals surface area contributed by atoms with Gasteiger partial charge in [-0.3, -0.25) is 14.6 Å². The number of nitrogens with one attached hydrogen (secondary N) is 2. The lowest BCUT2D eigenvalue weighted by Gasteiger charge is -2.12. The second kappa shape index (κ2) is 7.85. The molecule has 2 aromatic rings. The lowest BCUT2D eigenvalue weighted by molar-refractivity contribution is 0.0933. The minimum absolute atomic E-state index is 0.195. The predicted octanol–water partition coefficient (Wildman–Crippen LogP) is 4.31. The zero-order chi connectivity index (χ0) is 17.8. The Kier molecular flexibility index (Phi) is 5.56. The van der Waals surface area contributed by atoms with Gasteiger partial charge in [0.2, 0.25) is 0 Å². The van der Waals surface area contributed by atoms with Crippen LogP contribution in [-0.4, -0.2) is 22.8 Å². The number of amides is 2. The highest BCUT2D eigenvalue weighted by molar-refractivity contribution is 6.35. The number of hydrogen-bond acceptors (Lipinski definition) is 3. The van der Waals surface area contributed by atoms with E-state index in [0.29, 0.717) is 21.3 Å². The van der Waals surface area contributed by atoms with E-state index < -0.39 is 0 Å². The molecule has 0 unspecified atom stereocenters. The molecule has 1 heterocycles. The average Bonchev–Trinajstić information content (AvgIpc) is 3.07. The van der Waals surface area contributed by atoms with Gasteiger partial charge >= 0.3 is 0 Å². The number of rotatable bonds is 4. The Balaban J connectivity index is 1.71. The molecule has 0 spiro atoms. The molecule has 130 valence electrons. The summed E-state index contributed by atoms with van der Waals surface area (Å²) in [6.07, 6.45) is 5.68. The summed E-state index contributed by atoms with van der Waals surface area (Å²) in [6.45, 7) is 0. The molecular formula is C18H17Cl2N3O2. The van der Waals surface area contributed by atoms with Crippen LogP contribution in [0.25, 0.3) is 0 Å². The number of pyridine rings is 1. The van der Waals surface area contributed by atoms with E-state index >= 15 is 0 Å². The van der Waals surface area contributed by atoms with Crippen molar-refractivity contribution >= 4 is 40.7 Å². The number of benzene rings is 1. The molecule has 0 bridgehead atoms. The Hall–Kier alpha value is -2.11. The number of carbonyl (C=O) groups excluding carboxylic acids is 2. The van der Waals surface area contributed by atoms with Gasteiger partial charge in [-0.15, -0.1) is 0 Å². The lowest BCUT2D eigenvalue weighted by Crippen LogP contribution is -2.33. The first-order valence-corrected chi connectivity index (χ1v) is 8.81. The van der Waals surface area contributed by atoms with Crippen molar-refractivity contribution in [2.45, 2.75) is 31.7 Å². The van der Waals surface area contributed by atoms with Gasteiger partial charge in [-0.25, -0.2) is 0 Å². The third-order valence-corrected chi connectivity index (χ3v) is 4.50. The summed E-state index contributed by atoms with van der Waals surface area (Å²) >= 11 is 11.9. The molecule has 2 amide bonds. The van der Waals surface area contributed by atoms with Crippen LogP contribution in [0.2, 0.25) is 10.0 Å². The first-order chi connectivity index (χ1) is 12.0. The molecule has 0 radical (unpaired) electrons. The van der Waals surface area contributed by atoms with Crippen LogP contribution in [0.1, 0.15) is 46.5 Å². The maximum Gasteiger partial charge on any atom is 0.270 e. The average molecular weight is 378 g/mol. The molecule has 0 atom stereocenters. The highest BCUT2D eigenvalue weighted by atomic mass is 35.5. The topological polar surface area (TPSA) is 71.1 Å². The van der Waals surface area contributed by atoms with E-state index in [-0.39, 0.29) is 23.6 Å². The molecule has 1 fully saturated rings. The van der Waals surface area contributed by atoms with Crippen molar-refractivity contribution in [1.29, 1.82) is 0 Å². The Morgan fingerprint density at radius 1 is 1.00 bits per heavy atom. The molecule has 1 aromatic carbocycles. The number of nitrogens with zero attached hydrogens (tertiary/aromatic N) is 1. The molecule has 3 rings (SSSR count). The van der Waals surface area contributed by atoms with Gasteiger partial charge in [0.1, 0.15) is 5.69 Å². The summed E-state index contributed by atoms with van der Waals surface area (Å²) < 4.78 is 0. The Morgan fingerprint density at radius 2 is 1.68 bits per heavy atom. The van der Waals surface area contributed by atoms with Gasteiger partial charge in [0, 0.05) is 33.5 Å². The van der Waals surface area contributed by atoms with Crippen LogP contribution >= 0.6 is 23.2 Å². The molecule has 1 saturated carbocycles. The quantitative estimate of drug-likeness (QED) is 0.833. The lowest BCUT2D eigenvalue weighted by atomic mass is 10.2. The van der Waals surface area contributed by atoms with E-state index in [4.69, 9.17) is 23.2 Å². The fraction of sp³-hybridized carbons (Fsp3) is 0.278. The maximum absolute atomic E-state index is 12.4. The van der Waals surface area contributed by atoms with Gasteiger partial charge in [-0.2, -0.15) is 0 Å². The van der Waals surface area contributed by atoms with Gasteiger partial charge in [-0.05, 0) is 43.2 Å². The number of carbonyl (C=O) groups is 2. The van der Waals surface area contributed by atoms with Crippen LogP contribution in [-0.2, 0) is 0 Å². The van der Waals surface area contributed by atoms with E-state index in [1.807, 2.05) is 0 Å². The first-order valence-electron chi connectivity index (χ1n) is 8.05. The predicted molar refractivity (Wildman–Crippen MR) is 98.4 cm³/mol. The van der Waals surface area contributed by atoms with Crippen molar-refractivity contribution < 1.29 is 9.59 Å².